The number of amides is 1. The van der Waals surface area contributed by atoms with Crippen LogP contribution in [-0.4, -0.2) is 24.0 Å². The number of nitro benzene ring substituents is 1. The maximum Gasteiger partial charge on any atom is 0.273 e. The van der Waals surface area contributed by atoms with E-state index in [2.05, 4.69) is 12.2 Å². The highest BCUT2D eigenvalue weighted by Gasteiger charge is 2.09. The Hall–Kier alpha value is -2.89. The largest absolute Gasteiger partial charge is 0.493 e. The van der Waals surface area contributed by atoms with Gasteiger partial charge in [0, 0.05) is 12.6 Å². The predicted molar refractivity (Wildman–Crippen MR) is 91.1 cm³/mol. The first-order chi connectivity index (χ1) is 11.6. The molecule has 0 saturated heterocycles. The summed E-state index contributed by atoms with van der Waals surface area (Å²) in [7, 11) is 0. The van der Waals surface area contributed by atoms with Crippen molar-refractivity contribution in [1.82, 2.24) is 5.32 Å². The van der Waals surface area contributed by atoms with Crippen LogP contribution in [0.3, 0.4) is 0 Å². The second-order valence-electron chi connectivity index (χ2n) is 5.47. The van der Waals surface area contributed by atoms with Crippen molar-refractivity contribution >= 4 is 11.6 Å². The molecule has 0 aliphatic rings. The smallest absolute Gasteiger partial charge is 0.273 e. The molecule has 2 aromatic carbocycles. The summed E-state index contributed by atoms with van der Waals surface area (Å²) in [6.07, 6.45) is 0.199. The van der Waals surface area contributed by atoms with Gasteiger partial charge in [0.15, 0.2) is 0 Å². The van der Waals surface area contributed by atoms with Crippen molar-refractivity contribution in [2.24, 2.45) is 0 Å². The highest BCUT2D eigenvalue weighted by molar-refractivity contribution is 5.76. The quantitative estimate of drug-likeness (QED) is 0.595. The number of ether oxygens (including phenoxy) is 1. The third kappa shape index (κ3) is 5.39. The molecule has 0 radical (unpaired) electrons. The van der Waals surface area contributed by atoms with Crippen LogP contribution >= 0.6 is 0 Å². The monoisotopic (exact) mass is 328 g/mol. The first-order valence-corrected chi connectivity index (χ1v) is 7.75. The number of benzene rings is 2. The van der Waals surface area contributed by atoms with E-state index in [1.165, 1.54) is 17.7 Å². The van der Waals surface area contributed by atoms with Gasteiger partial charge in [-0.2, -0.15) is 0 Å². The van der Waals surface area contributed by atoms with Gasteiger partial charge in [0.05, 0.1) is 24.0 Å². The van der Waals surface area contributed by atoms with Crippen LogP contribution in [0.2, 0.25) is 0 Å². The van der Waals surface area contributed by atoms with E-state index < -0.39 is 4.92 Å². The fourth-order valence-electron chi connectivity index (χ4n) is 2.20. The zero-order valence-electron chi connectivity index (χ0n) is 13.5. The summed E-state index contributed by atoms with van der Waals surface area (Å²) in [5.41, 5.74) is 1.14. The molecular formula is C18H20N2O4. The number of carbonyl (C=O) groups excluding carboxylic acids is 1. The van der Waals surface area contributed by atoms with Crippen LogP contribution in [0.15, 0.2) is 54.6 Å². The molecule has 0 saturated carbocycles. The summed E-state index contributed by atoms with van der Waals surface area (Å²) in [4.78, 5) is 22.1. The van der Waals surface area contributed by atoms with Crippen molar-refractivity contribution < 1.29 is 14.5 Å². The lowest BCUT2D eigenvalue weighted by Gasteiger charge is -2.13. The summed E-state index contributed by atoms with van der Waals surface area (Å²) in [5.74, 6) is 0.505. The molecule has 0 aromatic heterocycles. The number of nitrogens with zero attached hydrogens (tertiary/aromatic N) is 1. The Labute approximate surface area is 140 Å². The second-order valence-corrected chi connectivity index (χ2v) is 5.47. The van der Waals surface area contributed by atoms with E-state index >= 15 is 0 Å². The molecule has 1 atom stereocenters. The SMILES string of the molecule is C[C@H](CNC(=O)CCOc1cccc([N+](=O)[O-])c1)c1ccccc1. The summed E-state index contributed by atoms with van der Waals surface area (Å²) < 4.78 is 5.39. The second kappa shape index (κ2) is 8.67. The normalized spacial score (nSPS) is 11.5. The highest BCUT2D eigenvalue weighted by Crippen LogP contribution is 2.19. The highest BCUT2D eigenvalue weighted by atomic mass is 16.6. The van der Waals surface area contributed by atoms with Crippen LogP contribution in [-0.2, 0) is 4.79 Å². The molecule has 1 N–H and O–H groups in total. The fourth-order valence-corrected chi connectivity index (χ4v) is 2.20. The van der Waals surface area contributed by atoms with E-state index in [1.807, 2.05) is 30.3 Å². The third-order valence-corrected chi connectivity index (χ3v) is 3.60. The molecule has 24 heavy (non-hydrogen) atoms. The summed E-state index contributed by atoms with van der Waals surface area (Å²) in [5, 5.41) is 13.6. The maximum atomic E-state index is 11.8. The standard InChI is InChI=1S/C18H20N2O4/c1-14(15-6-3-2-4-7-15)13-19-18(21)10-11-24-17-9-5-8-16(12-17)20(22)23/h2-9,12,14H,10-11,13H2,1H3,(H,19,21)/t14-/m1/s1. The van der Waals surface area contributed by atoms with Crippen LogP contribution in [0.25, 0.3) is 0 Å². The Bertz CT molecular complexity index is 688. The Morgan fingerprint density at radius 3 is 2.67 bits per heavy atom. The Kier molecular flexibility index (Phi) is 6.31. The van der Waals surface area contributed by atoms with Crippen LogP contribution < -0.4 is 10.1 Å². The van der Waals surface area contributed by atoms with E-state index in [9.17, 15) is 14.9 Å². The van der Waals surface area contributed by atoms with E-state index in [0.29, 0.717) is 12.3 Å². The Balaban J connectivity index is 1.72. The number of hydrogen-bond donors (Lipinski definition) is 1. The van der Waals surface area contributed by atoms with Gasteiger partial charge in [0.1, 0.15) is 5.75 Å². The molecule has 2 aromatic rings. The predicted octanol–water partition coefficient (Wildman–Crippen LogP) is 3.28. The average Bonchev–Trinajstić information content (AvgIpc) is 2.60. The Morgan fingerprint density at radius 2 is 1.96 bits per heavy atom. The van der Waals surface area contributed by atoms with Gasteiger partial charge in [0.25, 0.3) is 5.69 Å². The average molecular weight is 328 g/mol. The number of hydrogen-bond acceptors (Lipinski definition) is 4. The minimum absolute atomic E-state index is 0.0337. The Morgan fingerprint density at radius 1 is 1.21 bits per heavy atom. The molecule has 0 fully saturated rings. The molecule has 2 rings (SSSR count). The summed E-state index contributed by atoms with van der Waals surface area (Å²) >= 11 is 0. The fraction of sp³-hybridized carbons (Fsp3) is 0.278. The number of carbonyl (C=O) groups is 1. The molecule has 0 heterocycles. The molecular weight excluding hydrogens is 308 g/mol. The minimum Gasteiger partial charge on any atom is -0.493 e. The summed E-state index contributed by atoms with van der Waals surface area (Å²) in [6, 6.07) is 15.9. The molecule has 1 amide bonds. The van der Waals surface area contributed by atoms with Gasteiger partial charge in [-0.3, -0.25) is 14.9 Å². The van der Waals surface area contributed by atoms with Gasteiger partial charge in [-0.05, 0) is 17.5 Å². The zero-order valence-corrected chi connectivity index (χ0v) is 13.5. The number of nitro groups is 1. The van der Waals surface area contributed by atoms with Crippen molar-refractivity contribution in [1.29, 1.82) is 0 Å². The van der Waals surface area contributed by atoms with Crippen molar-refractivity contribution in [3.8, 4) is 5.75 Å². The molecule has 126 valence electrons. The van der Waals surface area contributed by atoms with Gasteiger partial charge in [-0.1, -0.05) is 43.3 Å². The van der Waals surface area contributed by atoms with E-state index in [-0.39, 0.29) is 30.5 Å². The molecule has 0 aliphatic carbocycles. The lowest BCUT2D eigenvalue weighted by molar-refractivity contribution is -0.384. The van der Waals surface area contributed by atoms with Crippen molar-refractivity contribution in [2.45, 2.75) is 19.3 Å². The van der Waals surface area contributed by atoms with Crippen molar-refractivity contribution in [3.63, 3.8) is 0 Å². The first kappa shape index (κ1) is 17.5. The van der Waals surface area contributed by atoms with Gasteiger partial charge in [-0.15, -0.1) is 0 Å². The third-order valence-electron chi connectivity index (χ3n) is 3.60. The van der Waals surface area contributed by atoms with Crippen molar-refractivity contribution in [3.05, 3.63) is 70.3 Å². The lowest BCUT2D eigenvalue weighted by Crippen LogP contribution is -2.28. The minimum atomic E-state index is -0.482. The maximum absolute atomic E-state index is 11.8. The van der Waals surface area contributed by atoms with Crippen LogP contribution in [0, 0.1) is 10.1 Å². The van der Waals surface area contributed by atoms with Gasteiger partial charge < -0.3 is 10.1 Å². The van der Waals surface area contributed by atoms with Crippen LogP contribution in [0.5, 0.6) is 5.75 Å². The molecule has 6 heteroatoms. The van der Waals surface area contributed by atoms with Crippen LogP contribution in [0.1, 0.15) is 24.8 Å². The molecule has 0 unspecified atom stereocenters. The molecule has 6 nitrogen and oxygen atoms in total. The molecule has 0 spiro atoms. The van der Waals surface area contributed by atoms with Gasteiger partial charge in [-0.25, -0.2) is 0 Å². The van der Waals surface area contributed by atoms with E-state index in [1.54, 1.807) is 12.1 Å². The van der Waals surface area contributed by atoms with Gasteiger partial charge in [0.2, 0.25) is 5.91 Å². The van der Waals surface area contributed by atoms with Crippen LogP contribution in [0.4, 0.5) is 5.69 Å². The first-order valence-electron chi connectivity index (χ1n) is 7.75. The molecule has 0 aliphatic heterocycles. The number of non-ortho nitro benzene ring substituents is 1. The summed E-state index contributed by atoms with van der Waals surface area (Å²) in [6.45, 7) is 2.78. The van der Waals surface area contributed by atoms with Crippen molar-refractivity contribution in [2.75, 3.05) is 13.2 Å². The lowest BCUT2D eigenvalue weighted by atomic mass is 10.0. The molecule has 0 bridgehead atoms. The van der Waals surface area contributed by atoms with E-state index in [0.717, 1.165) is 0 Å². The number of nitrogens with one attached hydrogen (secondary N) is 1. The topological polar surface area (TPSA) is 81.5 Å². The number of rotatable bonds is 8. The van der Waals surface area contributed by atoms with Gasteiger partial charge >= 0.3 is 0 Å². The zero-order chi connectivity index (χ0) is 17.4. The van der Waals surface area contributed by atoms with E-state index in [4.69, 9.17) is 4.74 Å².